The largest absolute Gasteiger partial charge is 0.485 e. The van der Waals surface area contributed by atoms with E-state index in [1.54, 1.807) is 6.08 Å². The van der Waals surface area contributed by atoms with E-state index in [-0.39, 0.29) is 18.3 Å². The molecule has 2 aromatic heterocycles. The van der Waals surface area contributed by atoms with E-state index in [9.17, 15) is 9.59 Å². The minimum Gasteiger partial charge on any atom is -0.485 e. The first kappa shape index (κ1) is 26.5. The molecule has 0 atom stereocenters. The molecule has 0 fully saturated rings. The lowest BCUT2D eigenvalue weighted by Crippen LogP contribution is -2.17. The average molecular weight is 515 g/mol. The zero-order valence-corrected chi connectivity index (χ0v) is 22.3. The number of rotatable bonds is 11. The van der Waals surface area contributed by atoms with Gasteiger partial charge in [-0.05, 0) is 49.9 Å². The van der Waals surface area contributed by atoms with Crippen molar-refractivity contribution in [3.8, 4) is 5.75 Å². The number of benzene rings is 1. The van der Waals surface area contributed by atoms with Crippen LogP contribution in [0, 0.1) is 20.8 Å². The molecular formula is C25H30N4O4S2. The number of thiophene rings is 1. The van der Waals surface area contributed by atoms with Crippen LogP contribution >= 0.6 is 23.1 Å². The van der Waals surface area contributed by atoms with Gasteiger partial charge in [-0.2, -0.15) is 0 Å². The lowest BCUT2D eigenvalue weighted by Gasteiger charge is -2.11. The fourth-order valence-corrected chi connectivity index (χ4v) is 5.47. The number of carbonyl (C=O) groups excluding carboxylic acids is 2. The summed E-state index contributed by atoms with van der Waals surface area (Å²) in [6.07, 6.45) is 2.42. The molecule has 0 radical (unpaired) electrons. The lowest BCUT2D eigenvalue weighted by atomic mass is 10.1. The van der Waals surface area contributed by atoms with Gasteiger partial charge in [-0.3, -0.25) is 9.36 Å². The lowest BCUT2D eigenvalue weighted by molar-refractivity contribution is -0.113. The van der Waals surface area contributed by atoms with Gasteiger partial charge in [-0.15, -0.1) is 28.1 Å². The molecule has 0 aliphatic heterocycles. The molecule has 0 saturated carbocycles. The molecule has 0 spiro atoms. The number of esters is 1. The number of allylic oxidation sites excluding steroid dienone is 1. The number of nitrogens with zero attached hydrogens (tertiary/aromatic N) is 3. The zero-order valence-electron chi connectivity index (χ0n) is 20.6. The smallest absolute Gasteiger partial charge is 0.341 e. The van der Waals surface area contributed by atoms with Gasteiger partial charge in [0.1, 0.15) is 17.4 Å². The number of aromatic nitrogens is 3. The number of anilines is 1. The molecule has 3 aromatic rings. The topological polar surface area (TPSA) is 95.3 Å². The number of carbonyl (C=O) groups is 2. The van der Waals surface area contributed by atoms with Crippen molar-refractivity contribution < 1.29 is 19.1 Å². The summed E-state index contributed by atoms with van der Waals surface area (Å²) in [5, 5.41) is 12.5. The van der Waals surface area contributed by atoms with Crippen LogP contribution in [0.15, 0.2) is 36.0 Å². The Hall–Kier alpha value is -3.11. The number of nitrogens with one attached hydrogen (secondary N) is 1. The van der Waals surface area contributed by atoms with Gasteiger partial charge in [0.05, 0.1) is 18.4 Å². The Kier molecular flexibility index (Phi) is 9.11. The first-order chi connectivity index (χ1) is 16.8. The molecule has 35 heavy (non-hydrogen) atoms. The van der Waals surface area contributed by atoms with Crippen molar-refractivity contribution in [3.05, 3.63) is 63.8 Å². The highest BCUT2D eigenvalue weighted by molar-refractivity contribution is 7.99. The summed E-state index contributed by atoms with van der Waals surface area (Å²) in [6.45, 7) is 12.5. The molecule has 1 N–H and O–H groups in total. The average Bonchev–Trinajstić information content (AvgIpc) is 3.37. The van der Waals surface area contributed by atoms with Gasteiger partial charge in [-0.1, -0.05) is 36.9 Å². The van der Waals surface area contributed by atoms with Crippen molar-refractivity contribution in [1.29, 1.82) is 0 Å². The third-order valence-corrected chi connectivity index (χ3v) is 7.37. The number of hydrogen-bond acceptors (Lipinski definition) is 8. The Bertz CT molecular complexity index is 1230. The third-order valence-electron chi connectivity index (χ3n) is 5.34. The van der Waals surface area contributed by atoms with E-state index in [0.29, 0.717) is 34.5 Å². The highest BCUT2D eigenvalue weighted by atomic mass is 32.2. The molecule has 0 aliphatic rings. The maximum absolute atomic E-state index is 12.7. The van der Waals surface area contributed by atoms with Crippen LogP contribution in [0.1, 0.15) is 44.7 Å². The molecule has 1 amide bonds. The SMILES string of the molecule is C=CCn1c(COc2cc(C)ccc2C)nnc1SCC(=O)Nc1sc(C)c(CC)c1C(=O)OC. The summed E-state index contributed by atoms with van der Waals surface area (Å²) >= 11 is 2.64. The number of methoxy groups -OCH3 is 1. The van der Waals surface area contributed by atoms with Gasteiger partial charge in [0.25, 0.3) is 0 Å². The molecule has 1 aromatic carbocycles. The van der Waals surface area contributed by atoms with E-state index < -0.39 is 5.97 Å². The van der Waals surface area contributed by atoms with Crippen LogP contribution < -0.4 is 10.1 Å². The summed E-state index contributed by atoms with van der Waals surface area (Å²) in [6, 6.07) is 6.04. The fraction of sp³-hybridized carbons (Fsp3) is 0.360. The zero-order chi connectivity index (χ0) is 25.5. The Morgan fingerprint density at radius 2 is 2.03 bits per heavy atom. The Morgan fingerprint density at radius 3 is 2.71 bits per heavy atom. The molecule has 0 bridgehead atoms. The predicted octanol–water partition coefficient (Wildman–Crippen LogP) is 5.11. The molecule has 0 saturated heterocycles. The van der Waals surface area contributed by atoms with Gasteiger partial charge in [0, 0.05) is 11.4 Å². The van der Waals surface area contributed by atoms with Crippen LogP contribution in [-0.2, 0) is 29.1 Å². The summed E-state index contributed by atoms with van der Waals surface area (Å²) in [4.78, 5) is 26.0. The fourth-order valence-electron chi connectivity index (χ4n) is 3.55. The van der Waals surface area contributed by atoms with E-state index in [4.69, 9.17) is 9.47 Å². The maximum Gasteiger partial charge on any atom is 0.341 e. The second-order valence-corrected chi connectivity index (χ2v) is 10.0. The number of amides is 1. The molecule has 0 unspecified atom stereocenters. The van der Waals surface area contributed by atoms with Gasteiger partial charge >= 0.3 is 5.97 Å². The molecule has 10 heteroatoms. The van der Waals surface area contributed by atoms with Crippen LogP contribution in [0.2, 0.25) is 0 Å². The Morgan fingerprint density at radius 1 is 1.26 bits per heavy atom. The molecule has 8 nitrogen and oxygen atoms in total. The number of ether oxygens (including phenoxy) is 2. The van der Waals surface area contributed by atoms with Crippen LogP contribution in [0.25, 0.3) is 0 Å². The van der Waals surface area contributed by atoms with Gasteiger partial charge in [0.2, 0.25) is 5.91 Å². The predicted molar refractivity (Wildman–Crippen MR) is 140 cm³/mol. The van der Waals surface area contributed by atoms with E-state index in [1.165, 1.54) is 30.2 Å². The maximum atomic E-state index is 12.7. The van der Waals surface area contributed by atoms with Crippen LogP contribution in [0.5, 0.6) is 5.75 Å². The summed E-state index contributed by atoms with van der Waals surface area (Å²) < 4.78 is 12.8. The van der Waals surface area contributed by atoms with Crippen LogP contribution in [-0.4, -0.2) is 39.5 Å². The summed E-state index contributed by atoms with van der Waals surface area (Å²) in [5.41, 5.74) is 3.47. The summed E-state index contributed by atoms with van der Waals surface area (Å²) in [7, 11) is 1.34. The first-order valence-electron chi connectivity index (χ1n) is 11.1. The molecule has 3 rings (SSSR count). The van der Waals surface area contributed by atoms with Crippen molar-refractivity contribution in [2.24, 2.45) is 0 Å². The highest BCUT2D eigenvalue weighted by Gasteiger charge is 2.23. The van der Waals surface area contributed by atoms with Crippen molar-refractivity contribution in [2.75, 3.05) is 18.2 Å². The van der Waals surface area contributed by atoms with Crippen molar-refractivity contribution in [2.45, 2.75) is 52.4 Å². The number of thioether (sulfide) groups is 1. The molecular weight excluding hydrogens is 484 g/mol. The van der Waals surface area contributed by atoms with Crippen LogP contribution in [0.3, 0.4) is 0 Å². The van der Waals surface area contributed by atoms with Gasteiger partial charge in [-0.25, -0.2) is 4.79 Å². The number of hydrogen-bond donors (Lipinski definition) is 1. The van der Waals surface area contributed by atoms with E-state index in [1.807, 2.05) is 50.5 Å². The Labute approximate surface area is 213 Å². The first-order valence-corrected chi connectivity index (χ1v) is 12.9. The highest BCUT2D eigenvalue weighted by Crippen LogP contribution is 2.34. The van der Waals surface area contributed by atoms with Crippen molar-refractivity contribution >= 4 is 40.0 Å². The normalized spacial score (nSPS) is 10.8. The number of aryl methyl sites for hydroxylation is 3. The summed E-state index contributed by atoms with van der Waals surface area (Å²) in [5.74, 6) is 0.847. The minimum atomic E-state index is -0.451. The van der Waals surface area contributed by atoms with Gasteiger partial charge < -0.3 is 14.8 Å². The van der Waals surface area contributed by atoms with E-state index in [2.05, 4.69) is 22.1 Å². The van der Waals surface area contributed by atoms with Crippen molar-refractivity contribution in [1.82, 2.24) is 14.8 Å². The van der Waals surface area contributed by atoms with E-state index in [0.717, 1.165) is 27.3 Å². The van der Waals surface area contributed by atoms with E-state index >= 15 is 0 Å². The standard InChI is InChI=1S/C25H30N4O4S2/c1-7-11-29-20(13-33-19-12-15(3)9-10-16(19)4)27-28-25(29)34-14-21(30)26-23-22(24(31)32-6)18(8-2)17(5)35-23/h7,9-10,12H,1,8,11,13-14H2,2-6H3,(H,26,30). The molecule has 0 aliphatic carbocycles. The quantitative estimate of drug-likeness (QED) is 0.216. The monoisotopic (exact) mass is 514 g/mol. The molecule has 2 heterocycles. The second kappa shape index (κ2) is 12.0. The minimum absolute atomic E-state index is 0.103. The van der Waals surface area contributed by atoms with Crippen LogP contribution in [0.4, 0.5) is 5.00 Å². The third kappa shape index (κ3) is 6.32. The Balaban J connectivity index is 1.69. The molecule has 186 valence electrons. The van der Waals surface area contributed by atoms with Gasteiger partial charge in [0.15, 0.2) is 11.0 Å². The van der Waals surface area contributed by atoms with Crippen molar-refractivity contribution in [3.63, 3.8) is 0 Å². The second-order valence-electron chi connectivity index (χ2n) is 7.88.